The van der Waals surface area contributed by atoms with Crippen molar-refractivity contribution in [2.24, 2.45) is 0 Å². The molecule has 154 valence electrons. The summed E-state index contributed by atoms with van der Waals surface area (Å²) in [6, 6.07) is 20.1. The summed E-state index contributed by atoms with van der Waals surface area (Å²) in [5.74, 6) is -0.936. The Kier molecular flexibility index (Phi) is 4.32. The zero-order valence-corrected chi connectivity index (χ0v) is 16.3. The smallest absolute Gasteiger partial charge is 0.231 e. The fourth-order valence-corrected chi connectivity index (χ4v) is 4.66. The second kappa shape index (κ2) is 7.05. The largest absolute Gasteiger partial charge is 0.454 e. The van der Waals surface area contributed by atoms with E-state index >= 15 is 0 Å². The van der Waals surface area contributed by atoms with Crippen molar-refractivity contribution in [2.75, 3.05) is 13.3 Å². The summed E-state index contributed by atoms with van der Waals surface area (Å²) in [6.07, 6.45) is 0. The highest BCUT2D eigenvalue weighted by Crippen LogP contribution is 2.50. The van der Waals surface area contributed by atoms with Crippen LogP contribution < -0.4 is 9.47 Å². The Morgan fingerprint density at radius 1 is 0.871 bits per heavy atom. The molecule has 1 aliphatic carbocycles. The fraction of sp³-hybridized carbons (Fsp3) is 0.167. The van der Waals surface area contributed by atoms with E-state index in [9.17, 15) is 19.7 Å². The predicted octanol–water partition coefficient (Wildman–Crippen LogP) is 3.79. The summed E-state index contributed by atoms with van der Waals surface area (Å²) in [4.78, 5) is 39.0. The lowest BCUT2D eigenvalue weighted by Crippen LogP contribution is -2.46. The molecular weight excluding hydrogens is 398 g/mol. The van der Waals surface area contributed by atoms with Crippen LogP contribution in [0.15, 0.2) is 72.8 Å². The third kappa shape index (κ3) is 2.73. The van der Waals surface area contributed by atoms with Crippen molar-refractivity contribution >= 4 is 11.6 Å². The van der Waals surface area contributed by atoms with Gasteiger partial charge < -0.3 is 9.47 Å². The van der Waals surface area contributed by atoms with Gasteiger partial charge in [0.05, 0.1) is 5.92 Å². The summed E-state index contributed by atoms with van der Waals surface area (Å²) in [5.41, 5.74) is -0.271. The van der Waals surface area contributed by atoms with Crippen LogP contribution in [-0.4, -0.2) is 29.8 Å². The van der Waals surface area contributed by atoms with Crippen LogP contribution in [0.3, 0.4) is 0 Å². The molecule has 0 radical (unpaired) electrons. The van der Waals surface area contributed by atoms with Crippen LogP contribution in [0, 0.1) is 10.1 Å². The van der Waals surface area contributed by atoms with Gasteiger partial charge >= 0.3 is 0 Å². The van der Waals surface area contributed by atoms with Crippen molar-refractivity contribution < 1.29 is 24.0 Å². The molecule has 0 N–H and O–H groups in total. The molecule has 1 atom stereocenters. The molecule has 7 heteroatoms. The molecule has 1 aliphatic heterocycles. The number of nitro groups is 1. The Morgan fingerprint density at radius 2 is 1.48 bits per heavy atom. The lowest BCUT2D eigenvalue weighted by atomic mass is 9.64. The first-order valence-corrected chi connectivity index (χ1v) is 9.79. The lowest BCUT2D eigenvalue weighted by molar-refractivity contribution is -0.484. The second-order valence-electron chi connectivity index (χ2n) is 7.56. The highest BCUT2D eigenvalue weighted by molar-refractivity contribution is 6.33. The molecule has 31 heavy (non-hydrogen) atoms. The Morgan fingerprint density at radius 3 is 2.13 bits per heavy atom. The number of ketones is 2. The first-order chi connectivity index (χ1) is 15.0. The third-order valence-electron chi connectivity index (χ3n) is 6.02. The van der Waals surface area contributed by atoms with Gasteiger partial charge in [0.25, 0.3) is 0 Å². The van der Waals surface area contributed by atoms with Gasteiger partial charge in [-0.25, -0.2) is 0 Å². The summed E-state index contributed by atoms with van der Waals surface area (Å²) in [6.45, 7) is -0.550. The van der Waals surface area contributed by atoms with Gasteiger partial charge in [-0.05, 0) is 23.3 Å². The van der Waals surface area contributed by atoms with Gasteiger partial charge in [-0.15, -0.1) is 0 Å². The normalized spacial score (nSPS) is 16.8. The maximum atomic E-state index is 13.9. The molecule has 0 saturated carbocycles. The topological polar surface area (TPSA) is 95.7 Å². The van der Waals surface area contributed by atoms with Crippen molar-refractivity contribution in [2.45, 2.75) is 11.3 Å². The van der Waals surface area contributed by atoms with E-state index in [-0.39, 0.29) is 17.9 Å². The van der Waals surface area contributed by atoms with E-state index in [1.54, 1.807) is 72.8 Å². The van der Waals surface area contributed by atoms with E-state index in [0.29, 0.717) is 22.6 Å². The zero-order valence-electron chi connectivity index (χ0n) is 16.3. The minimum absolute atomic E-state index is 0.0474. The number of ether oxygens (including phenoxy) is 2. The Hall–Kier alpha value is -4.00. The van der Waals surface area contributed by atoms with Gasteiger partial charge in [-0.2, -0.15) is 0 Å². The molecule has 1 heterocycles. The van der Waals surface area contributed by atoms with Crippen molar-refractivity contribution in [1.82, 2.24) is 0 Å². The monoisotopic (exact) mass is 415 g/mol. The molecule has 7 nitrogen and oxygen atoms in total. The molecule has 0 unspecified atom stereocenters. The molecule has 0 bridgehead atoms. The molecule has 0 fully saturated rings. The summed E-state index contributed by atoms with van der Waals surface area (Å²) >= 11 is 0. The molecule has 0 saturated heterocycles. The summed E-state index contributed by atoms with van der Waals surface area (Å²) < 4.78 is 10.8. The Bertz CT molecular complexity index is 1180. The van der Waals surface area contributed by atoms with Crippen molar-refractivity contribution in [3.8, 4) is 11.5 Å². The first kappa shape index (κ1) is 19.0. The van der Waals surface area contributed by atoms with Crippen LogP contribution in [0.25, 0.3) is 0 Å². The van der Waals surface area contributed by atoms with Crippen molar-refractivity contribution in [3.63, 3.8) is 0 Å². The molecule has 3 aromatic carbocycles. The Balaban J connectivity index is 1.78. The van der Waals surface area contributed by atoms with E-state index in [1.807, 2.05) is 0 Å². The van der Waals surface area contributed by atoms with Gasteiger partial charge in [0.2, 0.25) is 13.3 Å². The highest BCUT2D eigenvalue weighted by atomic mass is 16.7. The third-order valence-corrected chi connectivity index (χ3v) is 6.02. The summed E-state index contributed by atoms with van der Waals surface area (Å²) in [7, 11) is 0. The lowest BCUT2D eigenvalue weighted by Gasteiger charge is -2.33. The van der Waals surface area contributed by atoms with Gasteiger partial charge in [0.1, 0.15) is 5.41 Å². The second-order valence-corrected chi connectivity index (χ2v) is 7.56. The first-order valence-electron chi connectivity index (χ1n) is 9.79. The SMILES string of the molecule is O=C1c2ccccc2C(=O)C1(c1ccccc1)[C@@H](C[N+](=O)[O-])c1ccc2c(c1)OCO2. The minimum Gasteiger partial charge on any atom is -0.454 e. The van der Waals surface area contributed by atoms with Crippen LogP contribution in [0.1, 0.15) is 37.8 Å². The van der Waals surface area contributed by atoms with Gasteiger partial charge in [0, 0.05) is 16.1 Å². The molecule has 2 aliphatic rings. The number of hydrogen-bond acceptors (Lipinski definition) is 6. The van der Waals surface area contributed by atoms with Crippen LogP contribution in [0.5, 0.6) is 11.5 Å². The maximum Gasteiger partial charge on any atom is 0.231 e. The standard InChI is InChI=1S/C24H17NO6/c26-22-17-8-4-5-9-18(17)23(27)24(22,16-6-2-1-3-7-16)19(13-25(28)29)15-10-11-20-21(12-15)31-14-30-20/h1-12,19H,13-14H2/t19-/m0/s1. The van der Waals surface area contributed by atoms with Gasteiger partial charge in [-0.1, -0.05) is 60.7 Å². The average Bonchev–Trinajstić information content (AvgIpc) is 3.34. The van der Waals surface area contributed by atoms with Crippen LogP contribution in [0.4, 0.5) is 0 Å². The number of fused-ring (bicyclic) bond motifs is 2. The van der Waals surface area contributed by atoms with E-state index in [0.717, 1.165) is 0 Å². The Labute approximate surface area is 177 Å². The van der Waals surface area contributed by atoms with Crippen LogP contribution >= 0.6 is 0 Å². The molecule has 0 amide bonds. The fourth-order valence-electron chi connectivity index (χ4n) is 4.66. The number of nitrogens with zero attached hydrogens (tertiary/aromatic N) is 1. The molecular formula is C24H17NO6. The van der Waals surface area contributed by atoms with E-state index in [1.165, 1.54) is 0 Å². The number of carbonyl (C=O) groups is 2. The van der Waals surface area contributed by atoms with Gasteiger partial charge in [-0.3, -0.25) is 19.7 Å². The van der Waals surface area contributed by atoms with Crippen LogP contribution in [-0.2, 0) is 5.41 Å². The average molecular weight is 415 g/mol. The van der Waals surface area contributed by atoms with Crippen molar-refractivity contribution in [1.29, 1.82) is 0 Å². The molecule has 3 aromatic rings. The quantitative estimate of drug-likeness (QED) is 0.357. The number of carbonyl (C=O) groups excluding carboxylic acids is 2. The van der Waals surface area contributed by atoms with Crippen molar-refractivity contribution in [3.05, 3.63) is 105 Å². The maximum absolute atomic E-state index is 13.9. The van der Waals surface area contributed by atoms with E-state index in [2.05, 4.69) is 0 Å². The minimum atomic E-state index is -1.74. The zero-order chi connectivity index (χ0) is 21.6. The predicted molar refractivity (Wildman–Crippen MR) is 110 cm³/mol. The van der Waals surface area contributed by atoms with Crippen LogP contribution in [0.2, 0.25) is 0 Å². The number of hydrogen-bond donors (Lipinski definition) is 0. The number of benzene rings is 3. The number of rotatable bonds is 5. The molecule has 5 rings (SSSR count). The molecule has 0 spiro atoms. The highest BCUT2D eigenvalue weighted by Gasteiger charge is 2.60. The van der Waals surface area contributed by atoms with E-state index in [4.69, 9.17) is 9.47 Å². The van der Waals surface area contributed by atoms with Gasteiger partial charge in [0.15, 0.2) is 23.1 Å². The number of Topliss-reactive ketones (excluding diaryl/α,β-unsaturated/α-hetero) is 2. The van der Waals surface area contributed by atoms with E-state index < -0.39 is 34.4 Å². The molecule has 0 aromatic heterocycles. The summed E-state index contributed by atoms with van der Waals surface area (Å²) in [5, 5.41) is 11.8.